The molecular weight excluding hydrogens is 699 g/mol. The Morgan fingerprint density at radius 1 is 0.964 bits per heavy atom. The number of nitrogens with zero attached hydrogens (tertiary/aromatic N) is 3. The number of methoxy groups -OCH3 is 2. The van der Waals surface area contributed by atoms with Gasteiger partial charge in [-0.1, -0.05) is 80.4 Å². The number of nitrogens with one attached hydrogen (secondary N) is 2. The topological polar surface area (TPSA) is 173 Å². The van der Waals surface area contributed by atoms with Gasteiger partial charge in [0.25, 0.3) is 0 Å². The molecule has 1 aliphatic heterocycles. The second-order valence-electron chi connectivity index (χ2n) is 15.1. The molecule has 0 radical (unpaired) electrons. The van der Waals surface area contributed by atoms with E-state index in [0.717, 1.165) is 43.6 Å². The number of rotatable bonds is 20. The fourth-order valence-corrected chi connectivity index (χ4v) is 6.41. The Morgan fingerprint density at radius 3 is 1.95 bits per heavy atom. The molecule has 0 saturated carbocycles. The highest BCUT2D eigenvalue weighted by Crippen LogP contribution is 2.25. The largest absolute Gasteiger partial charge is 0.399 e. The van der Waals surface area contributed by atoms with Gasteiger partial charge in [-0.3, -0.25) is 19.2 Å². The average molecular weight is 780 g/mol. The number of likely N-dealkylation sites (tertiary alicyclic amines) is 1. The second kappa shape index (κ2) is 30.9. The van der Waals surface area contributed by atoms with Gasteiger partial charge in [-0.25, -0.2) is 0 Å². The van der Waals surface area contributed by atoms with Crippen LogP contribution in [0, 0.1) is 17.8 Å². The predicted molar refractivity (Wildman–Crippen MR) is 226 cm³/mol. The molecular formula is C42H81N7O6. The number of nitrogen functional groups attached to an aromatic ring is 1. The Kier molecular flexibility index (Phi) is 30.2. The highest BCUT2D eigenvalue weighted by Gasteiger charge is 2.37. The van der Waals surface area contributed by atoms with E-state index in [1.165, 1.54) is 6.42 Å². The molecule has 2 unspecified atom stereocenters. The lowest BCUT2D eigenvalue weighted by Gasteiger charge is -2.37. The van der Waals surface area contributed by atoms with E-state index >= 15 is 0 Å². The molecule has 320 valence electrons. The molecule has 0 spiro atoms. The molecule has 1 saturated heterocycles. The minimum absolute atomic E-state index is 0.0186. The Labute approximate surface area is 335 Å². The first-order chi connectivity index (χ1) is 26.0. The number of amides is 4. The maximum atomic E-state index is 12.7. The van der Waals surface area contributed by atoms with Gasteiger partial charge in [0.2, 0.25) is 24.6 Å². The van der Waals surface area contributed by atoms with Crippen LogP contribution in [-0.4, -0.2) is 131 Å². The molecule has 1 aromatic carbocycles. The van der Waals surface area contributed by atoms with Crippen LogP contribution in [0.1, 0.15) is 100.0 Å². The van der Waals surface area contributed by atoms with Crippen LogP contribution in [0.15, 0.2) is 24.3 Å². The normalized spacial score (nSPS) is 17.3. The van der Waals surface area contributed by atoms with Gasteiger partial charge in [-0.2, -0.15) is 0 Å². The monoisotopic (exact) mass is 780 g/mol. The van der Waals surface area contributed by atoms with Crippen molar-refractivity contribution in [1.82, 2.24) is 25.3 Å². The molecule has 55 heavy (non-hydrogen) atoms. The number of ether oxygens (including phenoxy) is 2. The van der Waals surface area contributed by atoms with Crippen LogP contribution in [-0.2, 0) is 35.1 Å². The first-order valence-electron chi connectivity index (χ1n) is 20.2. The molecule has 2 rings (SSSR count). The van der Waals surface area contributed by atoms with E-state index in [4.69, 9.17) is 20.9 Å². The lowest BCUT2D eigenvalue weighted by atomic mass is 9.91. The fourth-order valence-electron chi connectivity index (χ4n) is 6.41. The number of nitrogens with two attached hydrogens (primary N) is 2. The van der Waals surface area contributed by atoms with Crippen molar-refractivity contribution in [2.45, 2.75) is 137 Å². The van der Waals surface area contributed by atoms with Crippen molar-refractivity contribution in [2.75, 3.05) is 60.7 Å². The van der Waals surface area contributed by atoms with Crippen LogP contribution >= 0.6 is 0 Å². The van der Waals surface area contributed by atoms with Gasteiger partial charge < -0.3 is 46.3 Å². The zero-order valence-corrected chi connectivity index (χ0v) is 37.0. The standard InChI is InChI=1S/C19H30N4O3.C13H26N2O3.C7H17N.C3H8/c1-13(18(26-2)17-4-3-9-23(17)12-24)19(25)22-16(11-20)10-14-5-7-15(21)8-6-14;1-6-10(3)13(11(7-2)18-5)15(4)12(17)8-14-9-16;1-6(2)7(3)8(4)5;1-3-2/h5-8,12-13,16-18H,3-4,9-11,20-21H2,1-2H3,(H,22,25);9-11,13H,6-8H2,1-5H3,(H,14,16);6-7H,1-5H3;3H2,1-2H3/t13-,16+,17+,18-;10-,11+,13?;;/m10../s1. The van der Waals surface area contributed by atoms with Crippen molar-refractivity contribution in [1.29, 1.82) is 0 Å². The van der Waals surface area contributed by atoms with Gasteiger partial charge in [-0.15, -0.1) is 0 Å². The number of anilines is 1. The second-order valence-corrected chi connectivity index (χ2v) is 15.1. The third kappa shape index (κ3) is 20.5. The molecule has 0 aromatic heterocycles. The van der Waals surface area contributed by atoms with Gasteiger partial charge in [0.15, 0.2) is 0 Å². The van der Waals surface area contributed by atoms with E-state index < -0.39 is 0 Å². The lowest BCUT2D eigenvalue weighted by molar-refractivity contribution is -0.136. The van der Waals surface area contributed by atoms with Gasteiger partial charge >= 0.3 is 0 Å². The molecule has 8 atom stereocenters. The predicted octanol–water partition coefficient (Wildman–Crippen LogP) is 4.57. The van der Waals surface area contributed by atoms with Crippen molar-refractivity contribution in [3.05, 3.63) is 29.8 Å². The van der Waals surface area contributed by atoms with E-state index in [0.29, 0.717) is 43.6 Å². The summed E-state index contributed by atoms with van der Waals surface area (Å²) in [5.41, 5.74) is 13.3. The van der Waals surface area contributed by atoms with E-state index in [-0.39, 0.29) is 54.6 Å². The summed E-state index contributed by atoms with van der Waals surface area (Å²) in [7, 11) is 9.26. The molecule has 6 N–H and O–H groups in total. The third-order valence-electron chi connectivity index (χ3n) is 10.4. The van der Waals surface area contributed by atoms with Gasteiger partial charge in [0.1, 0.15) is 0 Å². The summed E-state index contributed by atoms with van der Waals surface area (Å²) in [5, 5.41) is 5.42. The molecule has 0 bridgehead atoms. The molecule has 1 heterocycles. The summed E-state index contributed by atoms with van der Waals surface area (Å²) in [6.45, 7) is 20.2. The van der Waals surface area contributed by atoms with Crippen molar-refractivity contribution >= 4 is 30.3 Å². The first kappa shape index (κ1) is 53.8. The summed E-state index contributed by atoms with van der Waals surface area (Å²) in [6.07, 6.45) is 6.56. The van der Waals surface area contributed by atoms with E-state index in [1.54, 1.807) is 31.1 Å². The molecule has 0 aliphatic carbocycles. The summed E-state index contributed by atoms with van der Waals surface area (Å²) < 4.78 is 11.1. The molecule has 13 heteroatoms. The SMILES string of the molecule is CC(C)C(C)N(C)C.CCC.CC[C@H](C)C([C@@H](CC)OC)N(C)C(=O)CNC=O.CO[C@H]([C@@H](C)C(=O)N[C@H](CN)Cc1ccc(N)cc1)[C@@H]1CCCN1C=O. The van der Waals surface area contributed by atoms with Crippen molar-refractivity contribution in [3.63, 3.8) is 0 Å². The van der Waals surface area contributed by atoms with E-state index in [2.05, 4.69) is 78.1 Å². The number of likely N-dealkylation sites (N-methyl/N-ethyl adjacent to an activating group) is 1. The Bertz CT molecular complexity index is 1140. The lowest BCUT2D eigenvalue weighted by Crippen LogP contribution is -2.51. The van der Waals surface area contributed by atoms with Crippen LogP contribution in [0.25, 0.3) is 0 Å². The summed E-state index contributed by atoms with van der Waals surface area (Å²) in [5.74, 6) is 0.527. The number of hydrogen-bond donors (Lipinski definition) is 4. The van der Waals surface area contributed by atoms with Crippen molar-refractivity contribution in [2.24, 2.45) is 23.5 Å². The third-order valence-corrected chi connectivity index (χ3v) is 10.4. The first-order valence-corrected chi connectivity index (χ1v) is 20.2. The van der Waals surface area contributed by atoms with Crippen LogP contribution in [0.3, 0.4) is 0 Å². The Balaban J connectivity index is 0. The molecule has 1 fully saturated rings. The van der Waals surface area contributed by atoms with E-state index in [9.17, 15) is 19.2 Å². The van der Waals surface area contributed by atoms with Gasteiger partial charge in [-0.05, 0) is 76.2 Å². The summed E-state index contributed by atoms with van der Waals surface area (Å²) in [6, 6.07) is 8.05. The minimum Gasteiger partial charge on any atom is -0.399 e. The van der Waals surface area contributed by atoms with Crippen LogP contribution in [0.4, 0.5) is 5.69 Å². The zero-order valence-electron chi connectivity index (χ0n) is 37.0. The maximum Gasteiger partial charge on any atom is 0.242 e. The van der Waals surface area contributed by atoms with Crippen LogP contribution in [0.2, 0.25) is 0 Å². The number of benzene rings is 1. The van der Waals surface area contributed by atoms with E-state index in [1.807, 2.05) is 38.1 Å². The number of hydrogen-bond acceptors (Lipinski definition) is 9. The zero-order chi connectivity index (χ0) is 42.7. The Morgan fingerprint density at radius 2 is 1.55 bits per heavy atom. The molecule has 13 nitrogen and oxygen atoms in total. The molecule has 1 aliphatic rings. The highest BCUT2D eigenvalue weighted by atomic mass is 16.5. The summed E-state index contributed by atoms with van der Waals surface area (Å²) >= 11 is 0. The fraction of sp³-hybridized carbons (Fsp3) is 0.762. The average Bonchev–Trinajstić information content (AvgIpc) is 3.65. The quantitative estimate of drug-likeness (QED) is 0.109. The van der Waals surface area contributed by atoms with Gasteiger partial charge in [0.05, 0.1) is 36.8 Å². The highest BCUT2D eigenvalue weighted by molar-refractivity contribution is 5.80. The maximum absolute atomic E-state index is 12.7. The summed E-state index contributed by atoms with van der Waals surface area (Å²) in [4.78, 5) is 51.8. The molecule has 1 aromatic rings. The number of carbonyl (C=O) groups is 4. The van der Waals surface area contributed by atoms with Gasteiger partial charge in [0, 0.05) is 52.1 Å². The Hall–Kier alpha value is -3.26. The molecule has 4 amide bonds. The number of carbonyl (C=O) groups excluding carboxylic acids is 4. The van der Waals surface area contributed by atoms with Crippen LogP contribution < -0.4 is 22.1 Å². The smallest absolute Gasteiger partial charge is 0.242 e. The minimum atomic E-state index is -0.383. The van der Waals surface area contributed by atoms with Crippen molar-refractivity contribution < 1.29 is 28.7 Å². The van der Waals surface area contributed by atoms with Crippen LogP contribution in [0.5, 0.6) is 0 Å². The van der Waals surface area contributed by atoms with Crippen molar-refractivity contribution in [3.8, 4) is 0 Å².